The molecule has 0 saturated heterocycles. The maximum Gasteiger partial charge on any atom is 0.334 e. The van der Waals surface area contributed by atoms with Crippen molar-refractivity contribution >= 4 is 17.7 Å². The molecular formula is C19H21NO2. The van der Waals surface area contributed by atoms with Gasteiger partial charge in [-0.2, -0.15) is 0 Å². The van der Waals surface area contributed by atoms with E-state index in [9.17, 15) is 4.79 Å². The number of ether oxygens (including phenoxy) is 1. The third-order valence-electron chi connectivity index (χ3n) is 3.32. The van der Waals surface area contributed by atoms with Crippen molar-refractivity contribution in [2.24, 2.45) is 0 Å². The van der Waals surface area contributed by atoms with Gasteiger partial charge in [-0.25, -0.2) is 4.79 Å². The largest absolute Gasteiger partial charge is 0.463 e. The first kappa shape index (κ1) is 15.8. The first-order valence-electron chi connectivity index (χ1n) is 7.46. The second kappa shape index (κ2) is 8.03. The molecule has 0 amide bonds. The molecule has 0 aliphatic rings. The van der Waals surface area contributed by atoms with Crippen LogP contribution in [-0.4, -0.2) is 12.6 Å². The Balaban J connectivity index is 2.17. The average molecular weight is 295 g/mol. The molecule has 2 aromatic carbocycles. The number of hydrogen-bond acceptors (Lipinski definition) is 3. The minimum atomic E-state index is -0.263. The van der Waals surface area contributed by atoms with Gasteiger partial charge in [-0.1, -0.05) is 42.5 Å². The van der Waals surface area contributed by atoms with Crippen molar-refractivity contribution in [1.82, 2.24) is 0 Å². The number of anilines is 1. The molecule has 0 bridgehead atoms. The number of nitrogen functional groups attached to an aromatic ring is 1. The minimum Gasteiger partial charge on any atom is -0.463 e. The Bertz CT molecular complexity index is 647. The Morgan fingerprint density at radius 1 is 1.14 bits per heavy atom. The summed E-state index contributed by atoms with van der Waals surface area (Å²) in [7, 11) is 0. The predicted octanol–water partition coefficient (Wildman–Crippen LogP) is 3.85. The summed E-state index contributed by atoms with van der Waals surface area (Å²) in [4.78, 5) is 12.1. The van der Waals surface area contributed by atoms with E-state index < -0.39 is 0 Å². The monoisotopic (exact) mass is 295 g/mol. The van der Waals surface area contributed by atoms with Gasteiger partial charge >= 0.3 is 5.97 Å². The molecule has 0 radical (unpaired) electrons. The van der Waals surface area contributed by atoms with Crippen molar-refractivity contribution < 1.29 is 9.53 Å². The van der Waals surface area contributed by atoms with Crippen LogP contribution in [0.2, 0.25) is 0 Å². The normalized spacial score (nSPS) is 11.2. The Labute approximate surface area is 131 Å². The van der Waals surface area contributed by atoms with Gasteiger partial charge < -0.3 is 10.5 Å². The van der Waals surface area contributed by atoms with Crippen molar-refractivity contribution in [3.8, 4) is 0 Å². The highest BCUT2D eigenvalue weighted by atomic mass is 16.5. The number of aryl methyl sites for hydroxylation is 1. The Kier molecular flexibility index (Phi) is 5.78. The van der Waals surface area contributed by atoms with Gasteiger partial charge in [-0.15, -0.1) is 0 Å². The second-order valence-electron chi connectivity index (χ2n) is 5.05. The van der Waals surface area contributed by atoms with E-state index in [0.717, 1.165) is 12.0 Å². The van der Waals surface area contributed by atoms with E-state index >= 15 is 0 Å². The molecule has 114 valence electrons. The molecule has 0 aliphatic heterocycles. The topological polar surface area (TPSA) is 52.3 Å². The molecule has 3 heteroatoms. The van der Waals surface area contributed by atoms with Gasteiger partial charge in [0.2, 0.25) is 0 Å². The summed E-state index contributed by atoms with van der Waals surface area (Å²) in [5, 5.41) is 0. The third kappa shape index (κ3) is 4.77. The van der Waals surface area contributed by atoms with Crippen molar-refractivity contribution in [2.75, 3.05) is 12.3 Å². The summed E-state index contributed by atoms with van der Waals surface area (Å²) in [6.07, 6.45) is 3.29. The van der Waals surface area contributed by atoms with Crippen molar-refractivity contribution in [2.45, 2.75) is 19.8 Å². The molecule has 0 aliphatic carbocycles. The lowest BCUT2D eigenvalue weighted by molar-refractivity contribution is -0.138. The highest BCUT2D eigenvalue weighted by molar-refractivity contribution is 5.93. The molecule has 0 saturated carbocycles. The molecule has 0 heterocycles. The molecule has 0 atom stereocenters. The Hall–Kier alpha value is -2.55. The smallest absolute Gasteiger partial charge is 0.334 e. The first-order valence-corrected chi connectivity index (χ1v) is 7.46. The summed E-state index contributed by atoms with van der Waals surface area (Å²) in [6, 6.07) is 17.6. The van der Waals surface area contributed by atoms with Crippen LogP contribution in [0.3, 0.4) is 0 Å². The van der Waals surface area contributed by atoms with Crippen molar-refractivity contribution in [3.63, 3.8) is 0 Å². The van der Waals surface area contributed by atoms with Gasteiger partial charge in [0.1, 0.15) is 0 Å². The zero-order valence-electron chi connectivity index (χ0n) is 12.8. The van der Waals surface area contributed by atoms with Crippen LogP contribution in [0.25, 0.3) is 6.08 Å². The second-order valence-corrected chi connectivity index (χ2v) is 5.05. The van der Waals surface area contributed by atoms with Gasteiger partial charge in [-0.05, 0) is 49.1 Å². The zero-order valence-corrected chi connectivity index (χ0v) is 12.8. The third-order valence-corrected chi connectivity index (χ3v) is 3.32. The molecule has 2 aromatic rings. The van der Waals surface area contributed by atoms with Crippen LogP contribution in [0.5, 0.6) is 0 Å². The highest BCUT2D eigenvalue weighted by Crippen LogP contribution is 2.17. The Morgan fingerprint density at radius 3 is 2.59 bits per heavy atom. The highest BCUT2D eigenvalue weighted by Gasteiger charge is 2.11. The summed E-state index contributed by atoms with van der Waals surface area (Å²) in [6.45, 7) is 2.19. The quantitative estimate of drug-likeness (QED) is 0.500. The van der Waals surface area contributed by atoms with E-state index in [1.807, 2.05) is 55.5 Å². The number of rotatable bonds is 6. The summed E-state index contributed by atoms with van der Waals surface area (Å²) in [5.74, 6) is -0.263. The fourth-order valence-electron chi connectivity index (χ4n) is 2.23. The van der Waals surface area contributed by atoms with E-state index in [4.69, 9.17) is 10.5 Å². The number of nitrogens with two attached hydrogens (primary N) is 1. The first-order chi connectivity index (χ1) is 10.7. The van der Waals surface area contributed by atoms with E-state index in [-0.39, 0.29) is 5.97 Å². The lowest BCUT2D eigenvalue weighted by atomic mass is 10.0. The van der Waals surface area contributed by atoms with Gasteiger partial charge in [0, 0.05) is 11.3 Å². The molecule has 0 spiro atoms. The zero-order chi connectivity index (χ0) is 15.8. The molecular weight excluding hydrogens is 274 g/mol. The maximum absolute atomic E-state index is 12.1. The van der Waals surface area contributed by atoms with Gasteiger partial charge in [-0.3, -0.25) is 0 Å². The van der Waals surface area contributed by atoms with Crippen LogP contribution in [0, 0.1) is 0 Å². The van der Waals surface area contributed by atoms with E-state index in [1.165, 1.54) is 5.56 Å². The van der Waals surface area contributed by atoms with Gasteiger partial charge in [0.05, 0.1) is 6.61 Å². The van der Waals surface area contributed by atoms with Crippen LogP contribution in [-0.2, 0) is 16.0 Å². The number of benzene rings is 2. The van der Waals surface area contributed by atoms with E-state index in [0.29, 0.717) is 24.3 Å². The van der Waals surface area contributed by atoms with Gasteiger partial charge in [0.25, 0.3) is 0 Å². The number of carbonyl (C=O) groups is 1. The predicted molar refractivity (Wildman–Crippen MR) is 90.2 cm³/mol. The van der Waals surface area contributed by atoms with Crippen molar-refractivity contribution in [3.05, 3.63) is 71.3 Å². The minimum absolute atomic E-state index is 0.263. The Morgan fingerprint density at radius 2 is 1.91 bits per heavy atom. The number of carbonyl (C=O) groups excluding carboxylic acids is 1. The van der Waals surface area contributed by atoms with Crippen LogP contribution in [0.15, 0.2) is 60.2 Å². The van der Waals surface area contributed by atoms with Crippen molar-refractivity contribution in [1.29, 1.82) is 0 Å². The fourth-order valence-corrected chi connectivity index (χ4v) is 2.23. The summed E-state index contributed by atoms with van der Waals surface area (Å²) in [5.41, 5.74) is 9.24. The van der Waals surface area contributed by atoms with Crippen LogP contribution >= 0.6 is 0 Å². The fraction of sp³-hybridized carbons (Fsp3) is 0.211. The molecule has 0 unspecified atom stereocenters. The molecule has 3 nitrogen and oxygen atoms in total. The number of hydrogen-bond donors (Lipinski definition) is 1. The standard InChI is InChI=1S/C19H21NO2/c1-2-22-19(21)17(12-11-15-7-4-3-5-8-15)13-16-9-6-10-18(20)14-16/h3-10,13-14H,2,11-12,20H2,1H3/b17-13-. The van der Waals surface area contributed by atoms with E-state index in [2.05, 4.69) is 12.1 Å². The van der Waals surface area contributed by atoms with Crippen LogP contribution < -0.4 is 5.73 Å². The average Bonchev–Trinajstić information content (AvgIpc) is 2.52. The van der Waals surface area contributed by atoms with Crippen LogP contribution in [0.1, 0.15) is 24.5 Å². The molecule has 0 aromatic heterocycles. The lowest BCUT2D eigenvalue weighted by Gasteiger charge is -2.08. The maximum atomic E-state index is 12.1. The van der Waals surface area contributed by atoms with Gasteiger partial charge in [0.15, 0.2) is 0 Å². The van der Waals surface area contributed by atoms with E-state index in [1.54, 1.807) is 0 Å². The molecule has 22 heavy (non-hydrogen) atoms. The lowest BCUT2D eigenvalue weighted by Crippen LogP contribution is -2.08. The number of esters is 1. The van der Waals surface area contributed by atoms with Crippen LogP contribution in [0.4, 0.5) is 5.69 Å². The molecule has 0 fully saturated rings. The molecule has 2 rings (SSSR count). The SMILES string of the molecule is CCOC(=O)/C(=C\c1cccc(N)c1)CCc1ccccc1. The summed E-state index contributed by atoms with van der Waals surface area (Å²) < 4.78 is 5.16. The summed E-state index contributed by atoms with van der Waals surface area (Å²) >= 11 is 0. The molecule has 2 N–H and O–H groups in total.